The number of rotatable bonds is 8. The summed E-state index contributed by atoms with van der Waals surface area (Å²) in [6, 6.07) is 6.83. The lowest BCUT2D eigenvalue weighted by molar-refractivity contribution is 0.371. The SMILES string of the molecule is CCCCC1CCN(c2cccc(CCCC=S)c2C)CC1. The Balaban J connectivity index is 1.95. The molecule has 0 unspecified atom stereocenters. The van der Waals surface area contributed by atoms with Crippen LogP contribution in [-0.2, 0) is 6.42 Å². The van der Waals surface area contributed by atoms with E-state index in [9.17, 15) is 0 Å². The number of anilines is 1. The van der Waals surface area contributed by atoms with Crippen molar-refractivity contribution in [3.05, 3.63) is 29.3 Å². The molecule has 1 aromatic rings. The Hall–Kier alpha value is -0.890. The minimum absolute atomic E-state index is 0.960. The van der Waals surface area contributed by atoms with Crippen LogP contribution in [0.15, 0.2) is 18.2 Å². The first-order chi connectivity index (χ1) is 10.8. The predicted molar refractivity (Wildman–Crippen MR) is 102 cm³/mol. The van der Waals surface area contributed by atoms with Gasteiger partial charge in [0.05, 0.1) is 0 Å². The van der Waals surface area contributed by atoms with E-state index in [2.05, 4.69) is 36.9 Å². The van der Waals surface area contributed by atoms with Crippen molar-refractivity contribution < 1.29 is 0 Å². The van der Waals surface area contributed by atoms with E-state index in [1.54, 1.807) is 0 Å². The summed E-state index contributed by atoms with van der Waals surface area (Å²) in [5, 5.41) is 1.86. The third kappa shape index (κ3) is 4.81. The van der Waals surface area contributed by atoms with Gasteiger partial charge in [-0.2, -0.15) is 0 Å². The van der Waals surface area contributed by atoms with Crippen LogP contribution in [0.2, 0.25) is 0 Å². The van der Waals surface area contributed by atoms with Gasteiger partial charge in [-0.3, -0.25) is 0 Å². The molecule has 1 aromatic carbocycles. The highest BCUT2D eigenvalue weighted by Gasteiger charge is 2.20. The highest BCUT2D eigenvalue weighted by atomic mass is 32.1. The summed E-state index contributed by atoms with van der Waals surface area (Å²) in [5.41, 5.74) is 4.45. The molecule has 0 amide bonds. The number of unbranched alkanes of at least 4 members (excludes halogenated alkanes) is 2. The predicted octanol–water partition coefficient (Wildman–Crippen LogP) is 5.72. The Morgan fingerprint density at radius 1 is 1.23 bits per heavy atom. The van der Waals surface area contributed by atoms with Crippen LogP contribution in [-0.4, -0.2) is 18.5 Å². The fraction of sp³-hybridized carbons (Fsp3) is 0.650. The van der Waals surface area contributed by atoms with Crippen LogP contribution in [0, 0.1) is 12.8 Å². The van der Waals surface area contributed by atoms with Gasteiger partial charge >= 0.3 is 0 Å². The van der Waals surface area contributed by atoms with Gasteiger partial charge in [0.1, 0.15) is 0 Å². The summed E-state index contributed by atoms with van der Waals surface area (Å²) in [6.07, 6.45) is 10.3. The lowest BCUT2D eigenvalue weighted by Crippen LogP contribution is -2.34. The number of benzene rings is 1. The van der Waals surface area contributed by atoms with Crippen molar-refractivity contribution in [2.75, 3.05) is 18.0 Å². The molecular formula is C20H31NS. The molecule has 1 fully saturated rings. The number of aryl methyl sites for hydroxylation is 1. The van der Waals surface area contributed by atoms with Gasteiger partial charge in [0.25, 0.3) is 0 Å². The first-order valence-corrected chi connectivity index (χ1v) is 9.50. The smallest absolute Gasteiger partial charge is 0.0398 e. The molecule has 0 bridgehead atoms. The molecule has 0 atom stereocenters. The molecule has 1 aliphatic heterocycles. The van der Waals surface area contributed by atoms with Crippen molar-refractivity contribution in [1.82, 2.24) is 0 Å². The second-order valence-electron chi connectivity index (χ2n) is 6.69. The van der Waals surface area contributed by atoms with Gasteiger partial charge in [-0.05, 0) is 67.5 Å². The third-order valence-corrected chi connectivity index (χ3v) is 5.34. The molecule has 1 aliphatic rings. The third-order valence-electron chi connectivity index (χ3n) is 5.11. The van der Waals surface area contributed by atoms with Crippen LogP contribution in [0.3, 0.4) is 0 Å². The van der Waals surface area contributed by atoms with Crippen LogP contribution < -0.4 is 4.90 Å². The maximum absolute atomic E-state index is 4.94. The molecule has 22 heavy (non-hydrogen) atoms. The van der Waals surface area contributed by atoms with Crippen molar-refractivity contribution in [3.8, 4) is 0 Å². The van der Waals surface area contributed by atoms with Gasteiger partial charge in [-0.25, -0.2) is 0 Å². The average molecular weight is 318 g/mol. The minimum Gasteiger partial charge on any atom is -0.371 e. The molecule has 2 heteroatoms. The van der Waals surface area contributed by atoms with Crippen molar-refractivity contribution in [3.63, 3.8) is 0 Å². The average Bonchev–Trinajstić information content (AvgIpc) is 2.55. The van der Waals surface area contributed by atoms with Gasteiger partial charge < -0.3 is 4.90 Å². The fourth-order valence-electron chi connectivity index (χ4n) is 3.61. The van der Waals surface area contributed by atoms with Crippen LogP contribution in [0.4, 0.5) is 5.69 Å². The van der Waals surface area contributed by atoms with Crippen molar-refractivity contribution in [2.24, 2.45) is 5.92 Å². The minimum atomic E-state index is 0.960. The van der Waals surface area contributed by atoms with Crippen LogP contribution in [0.1, 0.15) is 63.0 Å². The second-order valence-corrected chi connectivity index (χ2v) is 7.03. The maximum Gasteiger partial charge on any atom is 0.0398 e. The lowest BCUT2D eigenvalue weighted by atomic mass is 9.91. The molecule has 1 saturated heterocycles. The zero-order chi connectivity index (χ0) is 15.8. The van der Waals surface area contributed by atoms with Crippen molar-refractivity contribution >= 4 is 23.3 Å². The number of nitrogens with zero attached hydrogens (tertiary/aromatic N) is 1. The summed E-state index contributed by atoms with van der Waals surface area (Å²) in [5.74, 6) is 0.960. The maximum atomic E-state index is 4.94. The number of hydrogen-bond donors (Lipinski definition) is 0. The van der Waals surface area contributed by atoms with Crippen LogP contribution in [0.25, 0.3) is 0 Å². The molecule has 122 valence electrons. The van der Waals surface area contributed by atoms with E-state index in [4.69, 9.17) is 12.2 Å². The summed E-state index contributed by atoms with van der Waals surface area (Å²) < 4.78 is 0. The number of hydrogen-bond acceptors (Lipinski definition) is 2. The first kappa shape index (κ1) is 17.5. The zero-order valence-electron chi connectivity index (χ0n) is 14.3. The second kappa shape index (κ2) is 9.29. The van der Waals surface area contributed by atoms with E-state index < -0.39 is 0 Å². The Bertz CT molecular complexity index is 461. The molecule has 1 nitrogen and oxygen atoms in total. The summed E-state index contributed by atoms with van der Waals surface area (Å²) in [7, 11) is 0. The van der Waals surface area contributed by atoms with Crippen LogP contribution in [0.5, 0.6) is 0 Å². The normalized spacial score (nSPS) is 16.0. The summed E-state index contributed by atoms with van der Waals surface area (Å²) in [6.45, 7) is 7.07. The molecule has 0 aliphatic carbocycles. The molecule has 1 heterocycles. The van der Waals surface area contributed by atoms with Crippen molar-refractivity contribution in [1.29, 1.82) is 0 Å². The highest BCUT2D eigenvalue weighted by Crippen LogP contribution is 2.30. The van der Waals surface area contributed by atoms with Gasteiger partial charge in [0, 0.05) is 18.8 Å². The lowest BCUT2D eigenvalue weighted by Gasteiger charge is -2.35. The quantitative estimate of drug-likeness (QED) is 0.445. The van der Waals surface area contributed by atoms with Gasteiger partial charge in [0.15, 0.2) is 0 Å². The molecule has 0 aromatic heterocycles. The van der Waals surface area contributed by atoms with Crippen molar-refractivity contribution in [2.45, 2.75) is 65.2 Å². The molecule has 0 spiro atoms. The molecule has 2 rings (SSSR count). The largest absolute Gasteiger partial charge is 0.371 e. The Morgan fingerprint density at radius 3 is 2.68 bits per heavy atom. The molecule has 0 N–H and O–H groups in total. The van der Waals surface area contributed by atoms with E-state index in [1.165, 1.54) is 68.4 Å². The van der Waals surface area contributed by atoms with Gasteiger partial charge in [-0.1, -0.05) is 50.5 Å². The van der Waals surface area contributed by atoms with Crippen LogP contribution >= 0.6 is 12.2 Å². The van der Waals surface area contributed by atoms with Gasteiger partial charge in [-0.15, -0.1) is 0 Å². The fourth-order valence-corrected chi connectivity index (χ4v) is 3.78. The Labute approximate surface area is 142 Å². The standard InChI is InChI=1S/C20H31NS/c1-3-4-8-18-12-14-21(15-13-18)20-11-7-10-19(17(20)2)9-5-6-16-22/h7,10-11,16,18H,3-6,8-9,12-15H2,1-2H3. The monoisotopic (exact) mass is 317 g/mol. The molecule has 0 radical (unpaired) electrons. The first-order valence-electron chi connectivity index (χ1n) is 9.03. The zero-order valence-corrected chi connectivity index (χ0v) is 15.1. The van der Waals surface area contributed by atoms with Gasteiger partial charge in [0.2, 0.25) is 0 Å². The van der Waals surface area contributed by atoms with E-state index in [-0.39, 0.29) is 0 Å². The Kier molecular flexibility index (Phi) is 7.38. The summed E-state index contributed by atoms with van der Waals surface area (Å²) in [4.78, 5) is 2.61. The van der Waals surface area contributed by atoms with E-state index in [1.807, 2.05) is 5.37 Å². The summed E-state index contributed by atoms with van der Waals surface area (Å²) >= 11 is 4.94. The van der Waals surface area contributed by atoms with E-state index >= 15 is 0 Å². The van der Waals surface area contributed by atoms with E-state index in [0.717, 1.165) is 18.8 Å². The number of piperidine rings is 1. The van der Waals surface area contributed by atoms with E-state index in [0.29, 0.717) is 0 Å². The number of thiocarbonyl (C=S) groups is 1. The topological polar surface area (TPSA) is 3.24 Å². The Morgan fingerprint density at radius 2 is 2.00 bits per heavy atom. The highest BCUT2D eigenvalue weighted by molar-refractivity contribution is 7.78. The molecule has 0 saturated carbocycles. The molecular weight excluding hydrogens is 286 g/mol.